The largest absolute Gasteiger partial charge is 0.478 e. The van der Waals surface area contributed by atoms with Gasteiger partial charge < -0.3 is 14.9 Å². The van der Waals surface area contributed by atoms with Crippen LogP contribution < -0.4 is 0 Å². The minimum absolute atomic E-state index is 0.0833. The molecule has 0 fully saturated rings. The van der Waals surface area contributed by atoms with Gasteiger partial charge in [0.25, 0.3) is 0 Å². The minimum Gasteiger partial charge on any atom is -0.478 e. The third-order valence-corrected chi connectivity index (χ3v) is 1.67. The third kappa shape index (κ3) is 7.27. The molecule has 0 aliphatic rings. The molecule has 0 aromatic heterocycles. The zero-order valence-electron chi connectivity index (χ0n) is 10.2. The Kier molecular flexibility index (Phi) is 6.51. The Morgan fingerprint density at radius 3 is 1.16 bits per heavy atom. The Hall–Kier alpha value is -2.70. The third-order valence-electron chi connectivity index (χ3n) is 1.67. The molecule has 0 aliphatic heterocycles. The average Bonchev–Trinajstić information content (AvgIpc) is 2.28. The van der Waals surface area contributed by atoms with E-state index < -0.39 is 23.9 Å². The average molecular weight is 268 g/mol. The summed E-state index contributed by atoms with van der Waals surface area (Å²) < 4.78 is 3.97. The van der Waals surface area contributed by atoms with Gasteiger partial charge in [0, 0.05) is 13.8 Å². The lowest BCUT2D eigenvalue weighted by Crippen LogP contribution is -2.03. The summed E-state index contributed by atoms with van der Waals surface area (Å²) in [5.41, 5.74) is 0.167. The first kappa shape index (κ1) is 16.3. The lowest BCUT2D eigenvalue weighted by atomic mass is 10.1. The lowest BCUT2D eigenvalue weighted by molar-refractivity contribution is -0.156. The summed E-state index contributed by atoms with van der Waals surface area (Å²) >= 11 is 0. The number of carbonyl (C=O) groups is 4. The molecule has 19 heavy (non-hydrogen) atoms. The van der Waals surface area contributed by atoms with Crippen LogP contribution in [0.2, 0.25) is 0 Å². The number of ether oxygens (including phenoxy) is 1. The van der Waals surface area contributed by atoms with E-state index in [1.165, 1.54) is 38.1 Å². The molecule has 0 spiro atoms. The molecule has 0 heterocycles. The Morgan fingerprint density at radius 2 is 1.05 bits per heavy atom. The zero-order valence-corrected chi connectivity index (χ0v) is 10.2. The molecule has 102 valence electrons. The van der Waals surface area contributed by atoms with E-state index in [1.54, 1.807) is 0 Å². The van der Waals surface area contributed by atoms with E-state index in [0.29, 0.717) is 0 Å². The number of rotatable bonds is 2. The van der Waals surface area contributed by atoms with Crippen molar-refractivity contribution in [3.05, 3.63) is 35.4 Å². The number of esters is 2. The summed E-state index contributed by atoms with van der Waals surface area (Å²) in [6.07, 6.45) is 0. The molecule has 0 aliphatic carbocycles. The number of carboxylic acid groups (broad SMARTS) is 2. The molecule has 7 nitrogen and oxygen atoms in total. The van der Waals surface area contributed by atoms with Crippen LogP contribution in [0.5, 0.6) is 0 Å². The van der Waals surface area contributed by atoms with E-state index in [1.807, 2.05) is 0 Å². The normalized spacial score (nSPS) is 8.74. The minimum atomic E-state index is -1.06. The van der Waals surface area contributed by atoms with Crippen molar-refractivity contribution in [2.45, 2.75) is 13.8 Å². The van der Waals surface area contributed by atoms with E-state index in [4.69, 9.17) is 10.2 Å². The summed E-state index contributed by atoms with van der Waals surface area (Å²) in [4.78, 5) is 40.3. The summed E-state index contributed by atoms with van der Waals surface area (Å²) in [5, 5.41) is 16.9. The van der Waals surface area contributed by atoms with Crippen molar-refractivity contribution in [2.75, 3.05) is 0 Å². The van der Waals surface area contributed by atoms with Crippen LogP contribution in [0.4, 0.5) is 0 Å². The van der Waals surface area contributed by atoms with Crippen molar-refractivity contribution >= 4 is 23.9 Å². The first-order valence-corrected chi connectivity index (χ1v) is 4.99. The fourth-order valence-corrected chi connectivity index (χ4v) is 0.958. The fraction of sp³-hybridized carbons (Fsp3) is 0.167. The van der Waals surface area contributed by atoms with Crippen molar-refractivity contribution in [1.82, 2.24) is 0 Å². The maximum Gasteiger partial charge on any atom is 0.335 e. The Balaban J connectivity index is 0.000000399. The number of carboxylic acids is 2. The molecule has 0 unspecified atom stereocenters. The smallest absolute Gasteiger partial charge is 0.335 e. The molecule has 2 N–H and O–H groups in total. The van der Waals surface area contributed by atoms with Gasteiger partial charge >= 0.3 is 23.9 Å². The van der Waals surface area contributed by atoms with Gasteiger partial charge in [0.1, 0.15) is 0 Å². The molecule has 1 aromatic carbocycles. The standard InChI is InChI=1S/C8H6O4.C4H6O3/c9-7(10)5-1-2-6(4-3-5)8(11)12;1-3(5)7-4(2)6/h1-4H,(H,9,10)(H,11,12);1-2H3. The second kappa shape index (κ2) is 7.59. The van der Waals surface area contributed by atoms with Gasteiger partial charge in [-0.2, -0.15) is 0 Å². The number of hydrogen-bond donors (Lipinski definition) is 2. The Labute approximate surface area is 108 Å². The van der Waals surface area contributed by atoms with Gasteiger partial charge in [0.05, 0.1) is 11.1 Å². The SMILES string of the molecule is CC(=O)OC(C)=O.O=C(O)c1ccc(C(=O)O)cc1. The number of carbonyl (C=O) groups excluding carboxylic acids is 2. The molecular weight excluding hydrogens is 256 g/mol. The first-order chi connectivity index (χ1) is 8.73. The molecule has 0 atom stereocenters. The molecular formula is C12H12O7. The van der Waals surface area contributed by atoms with Crippen molar-refractivity contribution in [3.63, 3.8) is 0 Å². The highest BCUT2D eigenvalue weighted by atomic mass is 16.6. The topological polar surface area (TPSA) is 118 Å². The molecule has 0 saturated heterocycles. The number of benzene rings is 1. The first-order valence-electron chi connectivity index (χ1n) is 4.99. The highest BCUT2D eigenvalue weighted by Gasteiger charge is 2.04. The van der Waals surface area contributed by atoms with Gasteiger partial charge in [-0.05, 0) is 24.3 Å². The summed E-state index contributed by atoms with van der Waals surface area (Å²) in [6, 6.07) is 5.02. The van der Waals surface area contributed by atoms with Gasteiger partial charge in [0.2, 0.25) is 0 Å². The molecule has 1 rings (SSSR count). The molecule has 1 aromatic rings. The summed E-state index contributed by atoms with van der Waals surface area (Å²) in [6.45, 7) is 2.36. The van der Waals surface area contributed by atoms with Crippen LogP contribution in [0.3, 0.4) is 0 Å². The van der Waals surface area contributed by atoms with Crippen LogP contribution in [-0.2, 0) is 14.3 Å². The molecule has 0 bridgehead atoms. The van der Waals surface area contributed by atoms with Gasteiger partial charge in [-0.3, -0.25) is 9.59 Å². The molecule has 0 saturated carbocycles. The van der Waals surface area contributed by atoms with Gasteiger partial charge in [-0.25, -0.2) is 9.59 Å². The van der Waals surface area contributed by atoms with E-state index in [9.17, 15) is 19.2 Å². The van der Waals surface area contributed by atoms with Gasteiger partial charge in [0.15, 0.2) is 0 Å². The monoisotopic (exact) mass is 268 g/mol. The van der Waals surface area contributed by atoms with Crippen molar-refractivity contribution in [1.29, 1.82) is 0 Å². The van der Waals surface area contributed by atoms with E-state index in [-0.39, 0.29) is 11.1 Å². The van der Waals surface area contributed by atoms with E-state index >= 15 is 0 Å². The van der Waals surface area contributed by atoms with Crippen LogP contribution >= 0.6 is 0 Å². The second-order valence-electron chi connectivity index (χ2n) is 3.27. The van der Waals surface area contributed by atoms with Crippen LogP contribution in [0.1, 0.15) is 34.6 Å². The maximum absolute atomic E-state index is 10.3. The molecule has 0 radical (unpaired) electrons. The predicted molar refractivity (Wildman–Crippen MR) is 62.8 cm³/mol. The number of hydrogen-bond acceptors (Lipinski definition) is 5. The van der Waals surface area contributed by atoms with E-state index in [0.717, 1.165) is 0 Å². The Bertz CT molecular complexity index is 442. The quantitative estimate of drug-likeness (QED) is 0.610. The van der Waals surface area contributed by atoms with Crippen LogP contribution in [0.15, 0.2) is 24.3 Å². The highest BCUT2D eigenvalue weighted by Crippen LogP contribution is 2.03. The van der Waals surface area contributed by atoms with Crippen LogP contribution in [0, 0.1) is 0 Å². The zero-order chi connectivity index (χ0) is 15.0. The second-order valence-corrected chi connectivity index (χ2v) is 3.27. The summed E-state index contributed by atoms with van der Waals surface area (Å²) in [5.74, 6) is -3.25. The fourth-order valence-electron chi connectivity index (χ4n) is 0.958. The van der Waals surface area contributed by atoms with E-state index in [2.05, 4.69) is 4.74 Å². The van der Waals surface area contributed by atoms with Crippen LogP contribution in [-0.4, -0.2) is 34.1 Å². The highest BCUT2D eigenvalue weighted by molar-refractivity contribution is 5.91. The van der Waals surface area contributed by atoms with Crippen molar-refractivity contribution < 1.29 is 34.1 Å². The van der Waals surface area contributed by atoms with Crippen LogP contribution in [0.25, 0.3) is 0 Å². The predicted octanol–water partition coefficient (Wildman–Crippen LogP) is 1.18. The lowest BCUT2D eigenvalue weighted by Gasteiger charge is -1.94. The Morgan fingerprint density at radius 1 is 0.789 bits per heavy atom. The van der Waals surface area contributed by atoms with Crippen molar-refractivity contribution in [3.8, 4) is 0 Å². The van der Waals surface area contributed by atoms with Gasteiger partial charge in [-0.1, -0.05) is 0 Å². The molecule has 7 heteroatoms. The maximum atomic E-state index is 10.3. The molecule has 0 amide bonds. The van der Waals surface area contributed by atoms with Crippen molar-refractivity contribution in [2.24, 2.45) is 0 Å². The number of aromatic carboxylic acids is 2. The summed E-state index contributed by atoms with van der Waals surface area (Å²) in [7, 11) is 0. The van der Waals surface area contributed by atoms with Gasteiger partial charge in [-0.15, -0.1) is 0 Å².